The number of carboxylic acid groups (broad SMARTS) is 1. The molecule has 1 aromatic carbocycles. The van der Waals surface area contributed by atoms with Crippen LogP contribution in [0.3, 0.4) is 0 Å². The normalized spacial score (nSPS) is 13.3. The van der Waals surface area contributed by atoms with Crippen LogP contribution in [0.25, 0.3) is 0 Å². The first-order valence-electron chi connectivity index (χ1n) is 6.40. The molecule has 0 aromatic heterocycles. The Balaban J connectivity index is 0.000000252. The number of hydrogen-bond acceptors (Lipinski definition) is 1. The lowest BCUT2D eigenvalue weighted by Crippen LogP contribution is -2.08. The third-order valence-electron chi connectivity index (χ3n) is 3.05. The number of benzene rings is 1. The van der Waals surface area contributed by atoms with Gasteiger partial charge in [0, 0.05) is 0 Å². The average Bonchev–Trinajstić information content (AvgIpc) is 2.31. The Hall–Kier alpha value is -1.31. The summed E-state index contributed by atoms with van der Waals surface area (Å²) < 4.78 is 0. The van der Waals surface area contributed by atoms with Crippen molar-refractivity contribution < 1.29 is 9.90 Å². The van der Waals surface area contributed by atoms with Gasteiger partial charge in [0.15, 0.2) is 0 Å². The molecule has 0 bridgehead atoms. The molecule has 1 N–H and O–H groups in total. The lowest BCUT2D eigenvalue weighted by molar-refractivity contribution is -0.122. The summed E-state index contributed by atoms with van der Waals surface area (Å²) in [5.74, 6) is 1.12. The fraction of sp³-hybridized carbons (Fsp3) is 0.533. The van der Waals surface area contributed by atoms with E-state index in [4.69, 9.17) is 9.90 Å². The second-order valence-electron chi connectivity index (χ2n) is 4.15. The van der Waals surface area contributed by atoms with Crippen molar-refractivity contribution >= 4 is 6.47 Å². The van der Waals surface area contributed by atoms with E-state index >= 15 is 0 Å². The van der Waals surface area contributed by atoms with Crippen LogP contribution in [0.4, 0.5) is 0 Å². The smallest absolute Gasteiger partial charge is 0.290 e. The van der Waals surface area contributed by atoms with E-state index in [1.165, 1.54) is 31.2 Å². The number of rotatable bonds is 2. The first kappa shape index (κ1) is 15.7. The minimum Gasteiger partial charge on any atom is -0.483 e. The molecule has 0 saturated heterocycles. The van der Waals surface area contributed by atoms with Gasteiger partial charge < -0.3 is 5.11 Å². The minimum atomic E-state index is -0.250. The molecule has 1 aliphatic rings. The number of hydrogen-bond donors (Lipinski definition) is 1. The lowest BCUT2D eigenvalue weighted by Gasteiger charge is -2.22. The van der Waals surface area contributed by atoms with Gasteiger partial charge in [-0.2, -0.15) is 0 Å². The average molecular weight is 236 g/mol. The van der Waals surface area contributed by atoms with Gasteiger partial charge in [0.25, 0.3) is 6.47 Å². The van der Waals surface area contributed by atoms with E-state index in [-0.39, 0.29) is 6.47 Å². The molecule has 0 heterocycles. The third kappa shape index (κ3) is 8.49. The maximum atomic E-state index is 8.36. The monoisotopic (exact) mass is 236 g/mol. The second-order valence-corrected chi connectivity index (χ2v) is 4.15. The van der Waals surface area contributed by atoms with E-state index in [1.54, 1.807) is 0 Å². The topological polar surface area (TPSA) is 37.3 Å². The Kier molecular flexibility index (Phi) is 10.3. The molecule has 0 unspecified atom stereocenters. The molecular weight excluding hydrogens is 212 g/mol. The summed E-state index contributed by atoms with van der Waals surface area (Å²) >= 11 is 0. The highest BCUT2D eigenvalue weighted by atomic mass is 16.3. The molecule has 0 spiro atoms. The van der Waals surface area contributed by atoms with Gasteiger partial charge in [-0.05, 0) is 17.9 Å². The molecule has 1 aromatic rings. The van der Waals surface area contributed by atoms with Crippen molar-refractivity contribution in [2.75, 3.05) is 0 Å². The van der Waals surface area contributed by atoms with Crippen molar-refractivity contribution in [1.29, 1.82) is 0 Å². The molecule has 0 radical (unpaired) electrons. The van der Waals surface area contributed by atoms with Crippen LogP contribution in [-0.2, 0) is 11.2 Å². The van der Waals surface area contributed by atoms with Crippen LogP contribution in [0.5, 0.6) is 0 Å². The van der Waals surface area contributed by atoms with Gasteiger partial charge >= 0.3 is 0 Å². The van der Waals surface area contributed by atoms with E-state index in [2.05, 4.69) is 38.1 Å². The molecule has 17 heavy (non-hydrogen) atoms. The highest BCUT2D eigenvalue weighted by molar-refractivity contribution is 5.32. The van der Waals surface area contributed by atoms with Crippen molar-refractivity contribution in [1.82, 2.24) is 0 Å². The van der Waals surface area contributed by atoms with E-state index < -0.39 is 0 Å². The van der Waals surface area contributed by atoms with Gasteiger partial charge in [0.2, 0.25) is 0 Å². The lowest BCUT2D eigenvalue weighted by atomic mass is 9.84. The van der Waals surface area contributed by atoms with Crippen LogP contribution in [0.15, 0.2) is 30.3 Å². The Morgan fingerprint density at radius 2 is 1.76 bits per heavy atom. The van der Waals surface area contributed by atoms with Gasteiger partial charge in [-0.25, -0.2) is 0 Å². The van der Waals surface area contributed by atoms with Crippen molar-refractivity contribution in [3.63, 3.8) is 0 Å². The Morgan fingerprint density at radius 1 is 1.24 bits per heavy atom. The molecule has 1 aliphatic carbocycles. The maximum absolute atomic E-state index is 8.36. The first-order valence-corrected chi connectivity index (χ1v) is 6.40. The maximum Gasteiger partial charge on any atom is 0.290 e. The van der Waals surface area contributed by atoms with Crippen molar-refractivity contribution in [2.24, 2.45) is 5.92 Å². The van der Waals surface area contributed by atoms with Gasteiger partial charge in [-0.3, -0.25) is 4.79 Å². The molecule has 1 saturated carbocycles. The van der Waals surface area contributed by atoms with Crippen LogP contribution in [-0.4, -0.2) is 11.6 Å². The predicted octanol–water partition coefficient (Wildman–Crippen LogP) is 4.15. The van der Waals surface area contributed by atoms with E-state index in [0.717, 1.165) is 12.3 Å². The van der Waals surface area contributed by atoms with E-state index in [0.29, 0.717) is 0 Å². The SMILES string of the molecule is CCC1CCC1.CCc1ccccc1.O=CO. The zero-order valence-electron chi connectivity index (χ0n) is 10.9. The van der Waals surface area contributed by atoms with Gasteiger partial charge in [-0.15, -0.1) is 0 Å². The van der Waals surface area contributed by atoms with Crippen LogP contribution in [0, 0.1) is 5.92 Å². The van der Waals surface area contributed by atoms with Gasteiger partial charge in [0.05, 0.1) is 0 Å². The van der Waals surface area contributed by atoms with Crippen LogP contribution in [0.1, 0.15) is 45.1 Å². The van der Waals surface area contributed by atoms with Gasteiger partial charge in [-0.1, -0.05) is 69.9 Å². The number of carbonyl (C=O) groups is 1. The molecule has 2 nitrogen and oxygen atoms in total. The standard InChI is InChI=1S/C8H10.C6H12.CH2O2/c1-2-8-6-4-3-5-7-8;1-2-6-4-3-5-6;2-1-3/h3-7H,2H2,1H3;6H,2-5H2,1H3;1H,(H,2,3). The molecule has 0 amide bonds. The molecule has 0 atom stereocenters. The summed E-state index contributed by atoms with van der Waals surface area (Å²) in [6.07, 6.45) is 7.08. The molecule has 2 heteroatoms. The van der Waals surface area contributed by atoms with E-state index in [9.17, 15) is 0 Å². The largest absolute Gasteiger partial charge is 0.483 e. The highest BCUT2D eigenvalue weighted by Crippen LogP contribution is 2.28. The van der Waals surface area contributed by atoms with Crippen LogP contribution >= 0.6 is 0 Å². The highest BCUT2D eigenvalue weighted by Gasteiger charge is 2.13. The van der Waals surface area contributed by atoms with E-state index in [1.807, 2.05) is 6.07 Å². The molecule has 2 rings (SSSR count). The Morgan fingerprint density at radius 3 is 1.94 bits per heavy atom. The summed E-state index contributed by atoms with van der Waals surface area (Å²) in [6, 6.07) is 10.5. The van der Waals surface area contributed by atoms with Gasteiger partial charge in [0.1, 0.15) is 0 Å². The Labute approximate surface area is 105 Å². The van der Waals surface area contributed by atoms with Crippen molar-refractivity contribution in [3.8, 4) is 0 Å². The summed E-state index contributed by atoms with van der Waals surface area (Å²) in [5, 5.41) is 6.89. The zero-order chi connectivity index (χ0) is 12.9. The second kappa shape index (κ2) is 11.2. The summed E-state index contributed by atoms with van der Waals surface area (Å²) in [6.45, 7) is 4.19. The molecular formula is C15H24O2. The third-order valence-corrected chi connectivity index (χ3v) is 3.05. The zero-order valence-corrected chi connectivity index (χ0v) is 10.9. The minimum absolute atomic E-state index is 0.250. The fourth-order valence-corrected chi connectivity index (χ4v) is 1.61. The molecule has 0 aliphatic heterocycles. The van der Waals surface area contributed by atoms with Crippen LogP contribution in [0.2, 0.25) is 0 Å². The fourth-order valence-electron chi connectivity index (χ4n) is 1.61. The predicted molar refractivity (Wildman–Crippen MR) is 72.1 cm³/mol. The van der Waals surface area contributed by atoms with Crippen molar-refractivity contribution in [2.45, 2.75) is 46.0 Å². The first-order chi connectivity index (χ1) is 8.28. The summed E-state index contributed by atoms with van der Waals surface area (Å²) in [5.41, 5.74) is 1.41. The quantitative estimate of drug-likeness (QED) is 0.783. The molecule has 96 valence electrons. The number of aryl methyl sites for hydroxylation is 1. The van der Waals surface area contributed by atoms with Crippen LogP contribution < -0.4 is 0 Å². The Bertz CT molecular complexity index is 263. The van der Waals surface area contributed by atoms with Crippen molar-refractivity contribution in [3.05, 3.63) is 35.9 Å². The molecule has 1 fully saturated rings. The summed E-state index contributed by atoms with van der Waals surface area (Å²) in [7, 11) is 0. The summed E-state index contributed by atoms with van der Waals surface area (Å²) in [4.78, 5) is 8.36.